The van der Waals surface area contributed by atoms with Crippen LogP contribution in [0.15, 0.2) is 29.4 Å². The van der Waals surface area contributed by atoms with E-state index in [0.717, 1.165) is 0 Å². The normalized spacial score (nSPS) is 12.2. The molecule has 0 aliphatic rings. The van der Waals surface area contributed by atoms with Crippen molar-refractivity contribution in [2.24, 2.45) is 22.5 Å². The minimum Gasteiger partial charge on any atom is -0.392 e. The first-order valence-electron chi connectivity index (χ1n) is 15.1. The first kappa shape index (κ1) is 40.0. The van der Waals surface area contributed by atoms with Crippen molar-refractivity contribution in [3.63, 3.8) is 0 Å². The van der Waals surface area contributed by atoms with Crippen molar-refractivity contribution in [3.8, 4) is 0 Å². The Labute approximate surface area is 268 Å². The molecule has 0 fully saturated rings. The van der Waals surface area contributed by atoms with E-state index < -0.39 is 35.8 Å². The molecule has 2 unspecified atom stereocenters. The van der Waals surface area contributed by atoms with Crippen LogP contribution in [0.1, 0.15) is 38.7 Å². The maximum absolute atomic E-state index is 14.0. The first-order valence-corrected chi connectivity index (χ1v) is 15.1. The van der Waals surface area contributed by atoms with Crippen molar-refractivity contribution >= 4 is 29.4 Å². The lowest BCUT2D eigenvalue weighted by atomic mass is 9.99. The van der Waals surface area contributed by atoms with Gasteiger partial charge in [0.1, 0.15) is 12.1 Å². The summed E-state index contributed by atoms with van der Waals surface area (Å²) in [5.41, 5.74) is 20.0. The Morgan fingerprint density at radius 1 is 0.935 bits per heavy atom. The second-order valence-electron chi connectivity index (χ2n) is 10.3. The number of nitrogens with one attached hydrogen (secondary N) is 2. The zero-order chi connectivity index (χ0) is 34.2. The van der Waals surface area contributed by atoms with Crippen LogP contribution in [0.4, 0.5) is 10.5 Å². The number of nitrogens with zero attached hydrogens (tertiary/aromatic N) is 4. The predicted molar refractivity (Wildman–Crippen MR) is 168 cm³/mol. The molecule has 1 aromatic carbocycles. The number of azide groups is 1. The van der Waals surface area contributed by atoms with Gasteiger partial charge in [0.2, 0.25) is 11.8 Å². The van der Waals surface area contributed by atoms with E-state index in [-0.39, 0.29) is 51.7 Å². The third kappa shape index (κ3) is 16.9. The van der Waals surface area contributed by atoms with Gasteiger partial charge in [-0.1, -0.05) is 31.1 Å². The molecule has 17 heteroatoms. The van der Waals surface area contributed by atoms with E-state index in [1.807, 2.05) is 0 Å². The highest BCUT2D eigenvalue weighted by molar-refractivity contribution is 6.04. The monoisotopic (exact) mass is 652 g/mol. The standard InChI is InChI=1S/C29H48N8O9/c1-21(2)26(35-25(39)9-12-43-14-16-45-18-19-46-17-15-44-13-11-34-36-32)28(41)37(23-7-5-22(20-38)6-8-23)24(27(30)40)4-3-10-33-29(31)42/h5-8,21,24,26,38H,3-4,9-20H2,1-2H3,(H2,30,40)(H,35,39)(H3,31,33,42). The molecule has 5 amide bonds. The highest BCUT2D eigenvalue weighted by atomic mass is 16.6. The molecule has 46 heavy (non-hydrogen) atoms. The molecule has 1 aromatic rings. The summed E-state index contributed by atoms with van der Waals surface area (Å²) in [6.07, 6.45) is 0.416. The van der Waals surface area contributed by atoms with E-state index >= 15 is 0 Å². The van der Waals surface area contributed by atoms with Crippen LogP contribution in [0.5, 0.6) is 0 Å². The number of benzene rings is 1. The largest absolute Gasteiger partial charge is 0.392 e. The highest BCUT2D eigenvalue weighted by Gasteiger charge is 2.36. The lowest BCUT2D eigenvalue weighted by Crippen LogP contribution is -2.57. The van der Waals surface area contributed by atoms with Crippen molar-refractivity contribution in [3.05, 3.63) is 40.3 Å². The Balaban J connectivity index is 2.64. The molecule has 0 aliphatic carbocycles. The van der Waals surface area contributed by atoms with Gasteiger partial charge in [0.15, 0.2) is 0 Å². The number of rotatable bonds is 26. The lowest BCUT2D eigenvalue weighted by Gasteiger charge is -2.34. The van der Waals surface area contributed by atoms with Gasteiger partial charge in [0.05, 0.1) is 59.5 Å². The summed E-state index contributed by atoms with van der Waals surface area (Å²) in [6, 6.07) is 3.63. The van der Waals surface area contributed by atoms with E-state index in [1.165, 1.54) is 4.90 Å². The number of amides is 5. The summed E-state index contributed by atoms with van der Waals surface area (Å²) in [5.74, 6) is -2.06. The summed E-state index contributed by atoms with van der Waals surface area (Å²) in [6.45, 7) is 6.25. The van der Waals surface area contributed by atoms with Crippen molar-refractivity contribution in [1.82, 2.24) is 10.6 Å². The second kappa shape index (κ2) is 24.3. The van der Waals surface area contributed by atoms with Gasteiger partial charge < -0.3 is 46.2 Å². The van der Waals surface area contributed by atoms with Crippen molar-refractivity contribution in [1.29, 1.82) is 0 Å². The van der Waals surface area contributed by atoms with Crippen molar-refractivity contribution < 1.29 is 43.2 Å². The minimum absolute atomic E-state index is 0.0114. The van der Waals surface area contributed by atoms with E-state index in [4.69, 9.17) is 35.9 Å². The molecule has 0 spiro atoms. The fourth-order valence-electron chi connectivity index (χ4n) is 4.11. The van der Waals surface area contributed by atoms with Crippen LogP contribution in [0.3, 0.4) is 0 Å². The topological polar surface area (TPSA) is 254 Å². The van der Waals surface area contributed by atoms with Gasteiger partial charge in [-0.15, -0.1) is 0 Å². The zero-order valence-electron chi connectivity index (χ0n) is 26.6. The molecule has 1 rings (SSSR count). The van der Waals surface area contributed by atoms with Gasteiger partial charge in [0, 0.05) is 30.1 Å². The smallest absolute Gasteiger partial charge is 0.312 e. The average Bonchev–Trinajstić information content (AvgIpc) is 3.02. The van der Waals surface area contributed by atoms with E-state index in [1.54, 1.807) is 38.1 Å². The number of anilines is 1. The molecular weight excluding hydrogens is 604 g/mol. The average molecular weight is 653 g/mol. The van der Waals surface area contributed by atoms with Crippen LogP contribution in [-0.4, -0.2) is 107 Å². The third-order valence-electron chi connectivity index (χ3n) is 6.47. The molecule has 258 valence electrons. The third-order valence-corrected chi connectivity index (χ3v) is 6.47. The van der Waals surface area contributed by atoms with Gasteiger partial charge in [-0.05, 0) is 42.0 Å². The van der Waals surface area contributed by atoms with Crippen LogP contribution >= 0.6 is 0 Å². The molecule has 17 nitrogen and oxygen atoms in total. The fraction of sp³-hybridized carbons (Fsp3) is 0.655. The number of ether oxygens (including phenoxy) is 4. The molecule has 0 aliphatic heterocycles. The van der Waals surface area contributed by atoms with E-state index in [0.29, 0.717) is 57.3 Å². The number of carbonyl (C=O) groups is 4. The summed E-state index contributed by atoms with van der Waals surface area (Å²) < 4.78 is 21.5. The molecule has 0 aromatic heterocycles. The zero-order valence-corrected chi connectivity index (χ0v) is 26.6. The Hall–Kier alpha value is -3.99. The van der Waals surface area contributed by atoms with Crippen molar-refractivity contribution in [2.45, 2.75) is 51.8 Å². The number of aliphatic hydroxyl groups is 1. The number of urea groups is 1. The molecule has 2 atom stereocenters. The highest BCUT2D eigenvalue weighted by Crippen LogP contribution is 2.23. The summed E-state index contributed by atoms with van der Waals surface area (Å²) >= 11 is 0. The van der Waals surface area contributed by atoms with Gasteiger partial charge in [-0.3, -0.25) is 19.3 Å². The summed E-state index contributed by atoms with van der Waals surface area (Å²) in [5, 5.41) is 18.0. The van der Waals surface area contributed by atoms with Gasteiger partial charge in [0.25, 0.3) is 5.91 Å². The molecule has 0 bridgehead atoms. The van der Waals surface area contributed by atoms with E-state index in [9.17, 15) is 24.3 Å². The number of carbonyl (C=O) groups excluding carboxylic acids is 4. The number of primary amides is 2. The Morgan fingerprint density at radius 2 is 1.50 bits per heavy atom. The maximum atomic E-state index is 14.0. The molecule has 7 N–H and O–H groups in total. The van der Waals surface area contributed by atoms with Crippen LogP contribution in [0.2, 0.25) is 0 Å². The summed E-state index contributed by atoms with van der Waals surface area (Å²) in [7, 11) is 0. The molecule has 0 saturated heterocycles. The van der Waals surface area contributed by atoms with Gasteiger partial charge in [-0.2, -0.15) is 0 Å². The molecule has 0 saturated carbocycles. The number of hydrogen-bond acceptors (Lipinski definition) is 10. The Kier molecular flexibility index (Phi) is 21.1. The quantitative estimate of drug-likeness (QED) is 0.0408. The van der Waals surface area contributed by atoms with E-state index in [2.05, 4.69) is 20.7 Å². The van der Waals surface area contributed by atoms with Crippen molar-refractivity contribution in [2.75, 3.05) is 70.8 Å². The molecular formula is C29H48N8O9. The number of nitrogens with two attached hydrogens (primary N) is 2. The fourth-order valence-corrected chi connectivity index (χ4v) is 4.11. The van der Waals surface area contributed by atoms with Crippen LogP contribution in [0.25, 0.3) is 10.4 Å². The van der Waals surface area contributed by atoms with Gasteiger partial charge in [-0.25, -0.2) is 4.79 Å². The van der Waals surface area contributed by atoms with Crippen LogP contribution < -0.4 is 27.0 Å². The minimum atomic E-state index is -1.09. The molecule has 0 heterocycles. The number of aliphatic hydroxyl groups excluding tert-OH is 1. The number of hydrogen-bond donors (Lipinski definition) is 5. The van der Waals surface area contributed by atoms with Crippen LogP contribution in [-0.2, 0) is 39.9 Å². The summed E-state index contributed by atoms with van der Waals surface area (Å²) in [4.78, 5) is 54.3. The maximum Gasteiger partial charge on any atom is 0.312 e. The first-order chi connectivity index (χ1) is 22.1. The Bertz CT molecular complexity index is 1100. The SMILES string of the molecule is CC(C)C(NC(=O)CCOCCOCCOCCOCCN=[N+]=[N-])C(=O)N(c1ccc(CO)cc1)C(CCCNC(N)=O)C(N)=O. The second-order valence-corrected chi connectivity index (χ2v) is 10.3. The van der Waals surface area contributed by atoms with Crippen LogP contribution in [0, 0.1) is 5.92 Å². The van der Waals surface area contributed by atoms with Gasteiger partial charge >= 0.3 is 6.03 Å². The predicted octanol–water partition coefficient (Wildman–Crippen LogP) is 0.722. The lowest BCUT2D eigenvalue weighted by molar-refractivity contribution is -0.130. The Morgan fingerprint density at radius 3 is 2.00 bits per heavy atom. The molecule has 0 radical (unpaired) electrons.